The van der Waals surface area contributed by atoms with E-state index in [2.05, 4.69) is 53.4 Å². The second kappa shape index (κ2) is 6.91. The summed E-state index contributed by atoms with van der Waals surface area (Å²) < 4.78 is 0. The molecule has 0 spiro atoms. The number of nitrogens with one attached hydrogen (secondary N) is 1. The lowest BCUT2D eigenvalue weighted by Gasteiger charge is -2.33. The predicted octanol–water partition coefficient (Wildman–Crippen LogP) is 2.64. The zero-order chi connectivity index (χ0) is 14.7. The molecule has 1 saturated heterocycles. The molecule has 0 aromatic heterocycles. The second-order valence-electron chi connectivity index (χ2n) is 6.54. The van der Waals surface area contributed by atoms with Crippen molar-refractivity contribution in [1.29, 1.82) is 0 Å². The third-order valence-electron chi connectivity index (χ3n) is 5.26. The van der Waals surface area contributed by atoms with Crippen molar-refractivity contribution in [3.63, 3.8) is 0 Å². The molecule has 0 radical (unpaired) electrons. The van der Waals surface area contributed by atoms with Gasteiger partial charge in [0.15, 0.2) is 0 Å². The molecular formula is C18H29N3. The minimum absolute atomic E-state index is 0.565. The summed E-state index contributed by atoms with van der Waals surface area (Å²) in [7, 11) is 2.32. The van der Waals surface area contributed by atoms with Gasteiger partial charge in [-0.1, -0.05) is 31.2 Å². The third kappa shape index (κ3) is 3.31. The van der Waals surface area contributed by atoms with Crippen LogP contribution >= 0.6 is 0 Å². The molecule has 0 saturated carbocycles. The van der Waals surface area contributed by atoms with E-state index in [0.29, 0.717) is 6.04 Å². The highest BCUT2D eigenvalue weighted by molar-refractivity contribution is 5.31. The van der Waals surface area contributed by atoms with E-state index >= 15 is 0 Å². The zero-order valence-electron chi connectivity index (χ0n) is 13.5. The summed E-state index contributed by atoms with van der Waals surface area (Å²) in [6, 6.07) is 10.3. The maximum atomic E-state index is 3.56. The van der Waals surface area contributed by atoms with Gasteiger partial charge in [-0.15, -0.1) is 0 Å². The quantitative estimate of drug-likeness (QED) is 0.918. The Balaban J connectivity index is 1.73. The van der Waals surface area contributed by atoms with Crippen LogP contribution in [0.4, 0.5) is 0 Å². The Kier molecular flexibility index (Phi) is 4.94. The molecule has 116 valence electrons. The molecule has 2 heterocycles. The van der Waals surface area contributed by atoms with Gasteiger partial charge in [-0.05, 0) is 57.1 Å². The Hall–Kier alpha value is -0.900. The van der Waals surface area contributed by atoms with Gasteiger partial charge in [-0.3, -0.25) is 9.80 Å². The molecule has 3 heteroatoms. The minimum atomic E-state index is 0.565. The molecule has 1 fully saturated rings. The Morgan fingerprint density at radius 1 is 1.29 bits per heavy atom. The molecule has 2 atom stereocenters. The Morgan fingerprint density at radius 2 is 2.14 bits per heavy atom. The van der Waals surface area contributed by atoms with Gasteiger partial charge in [0.2, 0.25) is 0 Å². The summed E-state index contributed by atoms with van der Waals surface area (Å²) in [6.45, 7) is 8.12. The van der Waals surface area contributed by atoms with E-state index in [1.165, 1.54) is 50.0 Å². The molecule has 21 heavy (non-hydrogen) atoms. The van der Waals surface area contributed by atoms with E-state index in [-0.39, 0.29) is 0 Å². The molecule has 0 amide bonds. The number of fused-ring (bicyclic) bond motifs is 1. The van der Waals surface area contributed by atoms with Crippen molar-refractivity contribution in [2.24, 2.45) is 0 Å². The van der Waals surface area contributed by atoms with Gasteiger partial charge < -0.3 is 5.32 Å². The number of nitrogens with zero attached hydrogens (tertiary/aromatic N) is 2. The molecule has 0 aliphatic carbocycles. The van der Waals surface area contributed by atoms with Crippen LogP contribution in [0.25, 0.3) is 0 Å². The fourth-order valence-corrected chi connectivity index (χ4v) is 4.07. The minimum Gasteiger partial charge on any atom is -0.313 e. The maximum absolute atomic E-state index is 3.56. The van der Waals surface area contributed by atoms with Crippen LogP contribution in [-0.4, -0.2) is 49.1 Å². The van der Waals surface area contributed by atoms with Gasteiger partial charge in [0.1, 0.15) is 0 Å². The lowest BCUT2D eigenvalue weighted by Crippen LogP contribution is -2.40. The molecule has 2 aliphatic heterocycles. The second-order valence-corrected chi connectivity index (χ2v) is 6.54. The topological polar surface area (TPSA) is 18.5 Å². The van der Waals surface area contributed by atoms with Crippen LogP contribution in [0.5, 0.6) is 0 Å². The first kappa shape index (κ1) is 15.0. The van der Waals surface area contributed by atoms with Crippen molar-refractivity contribution in [2.75, 3.05) is 33.2 Å². The zero-order valence-corrected chi connectivity index (χ0v) is 13.5. The van der Waals surface area contributed by atoms with E-state index in [4.69, 9.17) is 0 Å². The van der Waals surface area contributed by atoms with Crippen molar-refractivity contribution in [3.8, 4) is 0 Å². The highest BCUT2D eigenvalue weighted by Gasteiger charge is 2.28. The van der Waals surface area contributed by atoms with E-state index in [1.54, 1.807) is 0 Å². The number of likely N-dealkylation sites (N-methyl/N-ethyl adjacent to an activating group) is 2. The van der Waals surface area contributed by atoms with Crippen molar-refractivity contribution in [2.45, 2.75) is 44.8 Å². The largest absolute Gasteiger partial charge is 0.313 e. The molecule has 3 nitrogen and oxygen atoms in total. The van der Waals surface area contributed by atoms with Gasteiger partial charge in [-0.25, -0.2) is 0 Å². The first-order chi connectivity index (χ1) is 10.3. The number of hydrogen-bond donors (Lipinski definition) is 1. The van der Waals surface area contributed by atoms with Crippen molar-refractivity contribution in [1.82, 2.24) is 15.1 Å². The van der Waals surface area contributed by atoms with E-state index in [0.717, 1.165) is 19.1 Å². The van der Waals surface area contributed by atoms with E-state index in [9.17, 15) is 0 Å². The van der Waals surface area contributed by atoms with Gasteiger partial charge in [0.05, 0.1) is 0 Å². The number of likely N-dealkylation sites (tertiary alicyclic amines) is 1. The van der Waals surface area contributed by atoms with Crippen molar-refractivity contribution in [3.05, 3.63) is 35.4 Å². The van der Waals surface area contributed by atoms with Crippen LogP contribution in [0.1, 0.15) is 43.4 Å². The molecular weight excluding hydrogens is 258 g/mol. The SMILES string of the molecule is CCN1CCCC1CN(C)C1CCNCc2ccccc21. The number of hydrogen-bond acceptors (Lipinski definition) is 3. The molecule has 3 rings (SSSR count). The average molecular weight is 287 g/mol. The van der Waals surface area contributed by atoms with E-state index < -0.39 is 0 Å². The normalized spacial score (nSPS) is 26.8. The summed E-state index contributed by atoms with van der Waals surface area (Å²) in [5.74, 6) is 0. The van der Waals surface area contributed by atoms with Gasteiger partial charge in [-0.2, -0.15) is 0 Å². The monoisotopic (exact) mass is 287 g/mol. The van der Waals surface area contributed by atoms with Gasteiger partial charge in [0.25, 0.3) is 0 Å². The number of benzene rings is 1. The van der Waals surface area contributed by atoms with Crippen LogP contribution in [0.15, 0.2) is 24.3 Å². The average Bonchev–Trinajstić information content (AvgIpc) is 2.83. The lowest BCUT2D eigenvalue weighted by molar-refractivity contribution is 0.159. The standard InChI is InChI=1S/C18H29N3/c1-3-21-12-6-8-16(21)14-20(2)18-10-11-19-13-15-7-4-5-9-17(15)18/h4-5,7,9,16,18-19H,3,6,8,10-14H2,1-2H3. The first-order valence-corrected chi connectivity index (χ1v) is 8.52. The van der Waals surface area contributed by atoms with Gasteiger partial charge >= 0.3 is 0 Å². The predicted molar refractivity (Wildman–Crippen MR) is 88.4 cm³/mol. The van der Waals surface area contributed by atoms with E-state index in [1.807, 2.05) is 0 Å². The Bertz CT molecular complexity index is 460. The van der Waals surface area contributed by atoms with Crippen LogP contribution in [-0.2, 0) is 6.54 Å². The summed E-state index contributed by atoms with van der Waals surface area (Å²) in [5, 5.41) is 3.56. The van der Waals surface area contributed by atoms with Crippen LogP contribution in [0.2, 0.25) is 0 Å². The number of rotatable bonds is 4. The third-order valence-corrected chi connectivity index (χ3v) is 5.26. The van der Waals surface area contributed by atoms with Gasteiger partial charge in [0, 0.05) is 25.2 Å². The molecule has 0 bridgehead atoms. The first-order valence-electron chi connectivity index (χ1n) is 8.52. The maximum Gasteiger partial charge on any atom is 0.0361 e. The summed E-state index contributed by atoms with van der Waals surface area (Å²) in [6.07, 6.45) is 3.95. The molecule has 1 aromatic rings. The Labute approximate surface area is 129 Å². The lowest BCUT2D eigenvalue weighted by atomic mass is 9.97. The highest BCUT2D eigenvalue weighted by Crippen LogP contribution is 2.29. The molecule has 2 aliphatic rings. The van der Waals surface area contributed by atoms with Crippen LogP contribution < -0.4 is 5.32 Å². The van der Waals surface area contributed by atoms with Crippen LogP contribution in [0.3, 0.4) is 0 Å². The fraction of sp³-hybridized carbons (Fsp3) is 0.667. The summed E-state index contributed by atoms with van der Waals surface area (Å²) in [4.78, 5) is 5.25. The van der Waals surface area contributed by atoms with Crippen molar-refractivity contribution < 1.29 is 0 Å². The molecule has 1 aromatic carbocycles. The van der Waals surface area contributed by atoms with Crippen LogP contribution in [0, 0.1) is 0 Å². The van der Waals surface area contributed by atoms with Crippen molar-refractivity contribution >= 4 is 0 Å². The summed E-state index contributed by atoms with van der Waals surface area (Å²) >= 11 is 0. The summed E-state index contributed by atoms with van der Waals surface area (Å²) in [5.41, 5.74) is 3.01. The molecule has 1 N–H and O–H groups in total. The fourth-order valence-electron chi connectivity index (χ4n) is 4.07. The smallest absolute Gasteiger partial charge is 0.0361 e. The highest BCUT2D eigenvalue weighted by atomic mass is 15.2. The Morgan fingerprint density at radius 3 is 3.00 bits per heavy atom. The molecule has 2 unspecified atom stereocenters.